The van der Waals surface area contributed by atoms with Gasteiger partial charge in [0.2, 0.25) is 0 Å². The Balaban J connectivity index is 1.88. The van der Waals surface area contributed by atoms with Crippen LogP contribution in [-0.2, 0) is 0 Å². The van der Waals surface area contributed by atoms with Crippen LogP contribution in [-0.4, -0.2) is 0 Å². The fraction of sp³-hybridized carbons (Fsp3) is 0. The van der Waals surface area contributed by atoms with Gasteiger partial charge in [-0.05, 0) is 104 Å². The molecule has 5 rings (SSSR count). The van der Waals surface area contributed by atoms with Crippen molar-refractivity contribution in [1.82, 2.24) is 0 Å². The molecule has 0 aliphatic carbocycles. The van der Waals surface area contributed by atoms with Gasteiger partial charge in [-0.3, -0.25) is 0 Å². The van der Waals surface area contributed by atoms with E-state index in [1.165, 1.54) is 43.1 Å². The fourth-order valence-corrected chi connectivity index (χ4v) is 4.20. The largest absolute Gasteiger partial charge is 0.0532 e. The van der Waals surface area contributed by atoms with Gasteiger partial charge in [-0.25, -0.2) is 0 Å². The molecule has 0 atom stereocenters. The molecule has 0 radical (unpaired) electrons. The lowest BCUT2D eigenvalue weighted by Crippen LogP contribution is -1.81. The van der Waals surface area contributed by atoms with Crippen molar-refractivity contribution in [3.63, 3.8) is 0 Å². The Kier molecular flexibility index (Phi) is 3.19. The van der Waals surface area contributed by atoms with E-state index in [4.69, 9.17) is 0 Å². The molecule has 0 fully saturated rings. The maximum Gasteiger partial charge on any atom is 0.0181 e. The summed E-state index contributed by atoms with van der Waals surface area (Å²) in [5.74, 6) is 0. The van der Waals surface area contributed by atoms with Crippen molar-refractivity contribution < 1.29 is 0 Å². The molecule has 0 aliphatic heterocycles. The van der Waals surface area contributed by atoms with Crippen LogP contribution in [0.4, 0.5) is 0 Å². The third-order valence-electron chi connectivity index (χ3n) is 4.63. The van der Waals surface area contributed by atoms with Crippen molar-refractivity contribution >= 4 is 74.9 Å². The zero-order chi connectivity index (χ0) is 16.3. The Bertz CT molecular complexity index is 1170. The predicted molar refractivity (Wildman–Crippen MR) is 112 cm³/mol. The Morgan fingerprint density at radius 2 is 0.625 bits per heavy atom. The second kappa shape index (κ2) is 5.30. The molecule has 0 aromatic heterocycles. The number of hydrogen-bond donors (Lipinski definition) is 0. The molecule has 0 heterocycles. The lowest BCUT2D eigenvalue weighted by molar-refractivity contribution is 1.72. The van der Waals surface area contributed by atoms with Gasteiger partial charge in [-0.2, -0.15) is 0 Å². The average molecular weight is 436 g/mol. The molecule has 0 N–H and O–H groups in total. The number of halogens is 2. The van der Waals surface area contributed by atoms with Crippen LogP contribution in [0, 0.1) is 0 Å². The minimum Gasteiger partial charge on any atom is -0.0532 e. The molecule has 0 spiro atoms. The van der Waals surface area contributed by atoms with Crippen LogP contribution in [0.1, 0.15) is 0 Å². The molecule has 24 heavy (non-hydrogen) atoms. The van der Waals surface area contributed by atoms with Gasteiger partial charge in [0, 0.05) is 8.95 Å². The summed E-state index contributed by atoms with van der Waals surface area (Å²) in [6, 6.07) is 26.6. The highest BCUT2D eigenvalue weighted by Crippen LogP contribution is 2.31. The fourth-order valence-electron chi connectivity index (χ4n) is 3.44. The summed E-state index contributed by atoms with van der Waals surface area (Å²) in [5.41, 5.74) is 0. The predicted octanol–water partition coefficient (Wildman–Crippen LogP) is 7.82. The summed E-state index contributed by atoms with van der Waals surface area (Å²) >= 11 is 7.13. The summed E-state index contributed by atoms with van der Waals surface area (Å²) in [4.78, 5) is 0. The van der Waals surface area contributed by atoms with Crippen molar-refractivity contribution in [1.29, 1.82) is 0 Å². The van der Waals surface area contributed by atoms with Crippen LogP contribution >= 0.6 is 31.9 Å². The first-order chi connectivity index (χ1) is 11.7. The second-order valence-electron chi connectivity index (χ2n) is 6.23. The molecule has 2 heteroatoms. The number of hydrogen-bond acceptors (Lipinski definition) is 0. The summed E-state index contributed by atoms with van der Waals surface area (Å²) in [7, 11) is 0. The molecular formula is C22H12Br2. The van der Waals surface area contributed by atoms with Crippen molar-refractivity contribution in [3.8, 4) is 0 Å². The molecule has 114 valence electrons. The Hall–Kier alpha value is -1.90. The Morgan fingerprint density at radius 3 is 1.00 bits per heavy atom. The van der Waals surface area contributed by atoms with E-state index in [2.05, 4.69) is 105 Å². The van der Waals surface area contributed by atoms with Gasteiger partial charge in [0.25, 0.3) is 0 Å². The smallest absolute Gasteiger partial charge is 0.0181 e. The molecule has 0 nitrogen and oxygen atoms in total. The minimum atomic E-state index is 1.12. The van der Waals surface area contributed by atoms with Crippen LogP contribution in [0.2, 0.25) is 0 Å². The molecule has 0 amide bonds. The summed E-state index contributed by atoms with van der Waals surface area (Å²) in [5, 5.41) is 10.2. The van der Waals surface area contributed by atoms with E-state index in [1.807, 2.05) is 0 Å². The van der Waals surface area contributed by atoms with E-state index in [-0.39, 0.29) is 0 Å². The zero-order valence-corrected chi connectivity index (χ0v) is 15.9. The molecular weight excluding hydrogens is 424 g/mol. The maximum absolute atomic E-state index is 3.57. The average Bonchev–Trinajstić information content (AvgIpc) is 2.56. The first kappa shape index (κ1) is 14.4. The second-order valence-corrected chi connectivity index (χ2v) is 8.07. The van der Waals surface area contributed by atoms with Crippen molar-refractivity contribution in [2.24, 2.45) is 0 Å². The number of rotatable bonds is 0. The molecule has 0 bridgehead atoms. The SMILES string of the molecule is Brc1ccc2cc3cc4cc5ccc(Br)cc5cc4cc3cc2c1. The third-order valence-corrected chi connectivity index (χ3v) is 5.62. The minimum absolute atomic E-state index is 1.12. The molecule has 0 saturated heterocycles. The van der Waals surface area contributed by atoms with Crippen LogP contribution < -0.4 is 0 Å². The van der Waals surface area contributed by atoms with E-state index >= 15 is 0 Å². The lowest BCUT2D eigenvalue weighted by Gasteiger charge is -2.07. The lowest BCUT2D eigenvalue weighted by atomic mass is 9.97. The Labute approximate surface area is 156 Å². The van der Waals surface area contributed by atoms with Gasteiger partial charge in [0.1, 0.15) is 0 Å². The molecule has 5 aromatic rings. The quantitative estimate of drug-likeness (QED) is 0.217. The first-order valence-corrected chi connectivity index (χ1v) is 9.40. The van der Waals surface area contributed by atoms with Gasteiger partial charge in [-0.1, -0.05) is 44.0 Å². The Morgan fingerprint density at radius 1 is 0.333 bits per heavy atom. The van der Waals surface area contributed by atoms with Gasteiger partial charge in [-0.15, -0.1) is 0 Å². The van der Waals surface area contributed by atoms with Crippen molar-refractivity contribution in [2.75, 3.05) is 0 Å². The van der Waals surface area contributed by atoms with Gasteiger partial charge >= 0.3 is 0 Å². The third kappa shape index (κ3) is 2.33. The van der Waals surface area contributed by atoms with E-state index in [0.717, 1.165) is 8.95 Å². The van der Waals surface area contributed by atoms with Crippen LogP contribution in [0.25, 0.3) is 43.1 Å². The summed E-state index contributed by atoms with van der Waals surface area (Å²) in [6.45, 7) is 0. The van der Waals surface area contributed by atoms with Gasteiger partial charge in [0.15, 0.2) is 0 Å². The standard InChI is InChI=1S/C22H12Br2/c23-21-3-1-13-5-15-7-16-6-14-2-4-22(24)12-20(14)10-18(16)8-17(15)9-19(13)11-21/h1-12H. The van der Waals surface area contributed by atoms with Crippen LogP contribution in [0.3, 0.4) is 0 Å². The molecule has 0 aliphatic rings. The van der Waals surface area contributed by atoms with Gasteiger partial charge < -0.3 is 0 Å². The molecule has 0 saturated carbocycles. The van der Waals surface area contributed by atoms with Crippen LogP contribution in [0.15, 0.2) is 81.7 Å². The van der Waals surface area contributed by atoms with Crippen LogP contribution in [0.5, 0.6) is 0 Å². The highest BCUT2D eigenvalue weighted by molar-refractivity contribution is 9.10. The summed E-state index contributed by atoms with van der Waals surface area (Å²) in [6.07, 6.45) is 0. The van der Waals surface area contributed by atoms with Crippen molar-refractivity contribution in [3.05, 3.63) is 81.7 Å². The van der Waals surface area contributed by atoms with E-state index < -0.39 is 0 Å². The van der Waals surface area contributed by atoms with E-state index in [9.17, 15) is 0 Å². The number of benzene rings is 5. The zero-order valence-electron chi connectivity index (χ0n) is 12.7. The topological polar surface area (TPSA) is 0 Å². The normalized spacial score (nSPS) is 11.8. The maximum atomic E-state index is 3.57. The monoisotopic (exact) mass is 434 g/mol. The summed E-state index contributed by atoms with van der Waals surface area (Å²) < 4.78 is 2.23. The van der Waals surface area contributed by atoms with E-state index in [1.54, 1.807) is 0 Å². The van der Waals surface area contributed by atoms with Gasteiger partial charge in [0.05, 0.1) is 0 Å². The van der Waals surface area contributed by atoms with E-state index in [0.29, 0.717) is 0 Å². The molecule has 0 unspecified atom stereocenters. The highest BCUT2D eigenvalue weighted by Gasteiger charge is 2.04. The first-order valence-electron chi connectivity index (χ1n) is 7.82. The van der Waals surface area contributed by atoms with Crippen molar-refractivity contribution in [2.45, 2.75) is 0 Å². The highest BCUT2D eigenvalue weighted by atomic mass is 79.9. The number of fused-ring (bicyclic) bond motifs is 4. The molecule has 5 aromatic carbocycles.